The molecule has 0 unspecified atom stereocenters. The molecule has 9 nitrogen and oxygen atoms in total. The number of imide groups is 1. The Bertz CT molecular complexity index is 1010. The zero-order chi connectivity index (χ0) is 26.9. The SMILES string of the molecule is CC(C)[C@@](N)(CN(C(=O)OCc1ccccc1)C(=O)[C@@H](N)Cc1ccccc1)NC(=O)OC(C)(C)C. The van der Waals surface area contributed by atoms with Crippen molar-refractivity contribution in [1.82, 2.24) is 10.2 Å². The maximum atomic E-state index is 13.4. The van der Waals surface area contributed by atoms with E-state index in [4.69, 9.17) is 20.9 Å². The van der Waals surface area contributed by atoms with Crippen LogP contribution in [0.1, 0.15) is 45.7 Å². The van der Waals surface area contributed by atoms with Crippen molar-refractivity contribution in [1.29, 1.82) is 0 Å². The molecule has 196 valence electrons. The van der Waals surface area contributed by atoms with Gasteiger partial charge in [-0.25, -0.2) is 14.5 Å². The van der Waals surface area contributed by atoms with Crippen molar-refractivity contribution in [3.8, 4) is 0 Å². The number of rotatable bonds is 9. The lowest BCUT2D eigenvalue weighted by Crippen LogP contribution is -2.67. The molecular formula is C27H38N4O5. The van der Waals surface area contributed by atoms with E-state index >= 15 is 0 Å². The minimum Gasteiger partial charge on any atom is -0.444 e. The summed E-state index contributed by atoms with van der Waals surface area (Å²) in [5.74, 6) is -1.05. The lowest BCUT2D eigenvalue weighted by Gasteiger charge is -2.38. The largest absolute Gasteiger partial charge is 0.444 e. The fourth-order valence-corrected chi connectivity index (χ4v) is 3.31. The number of hydrogen-bond donors (Lipinski definition) is 3. The fourth-order valence-electron chi connectivity index (χ4n) is 3.31. The predicted octanol–water partition coefficient (Wildman–Crippen LogP) is 3.56. The number of carbonyl (C=O) groups is 3. The average Bonchev–Trinajstić information content (AvgIpc) is 2.80. The Morgan fingerprint density at radius 2 is 1.47 bits per heavy atom. The van der Waals surface area contributed by atoms with Crippen molar-refractivity contribution in [2.45, 2.75) is 65.0 Å². The highest BCUT2D eigenvalue weighted by atomic mass is 16.6. The topological polar surface area (TPSA) is 137 Å². The first-order valence-corrected chi connectivity index (χ1v) is 11.9. The van der Waals surface area contributed by atoms with Gasteiger partial charge < -0.3 is 26.3 Å². The molecule has 0 heterocycles. The van der Waals surface area contributed by atoms with Gasteiger partial charge in [-0.05, 0) is 44.2 Å². The van der Waals surface area contributed by atoms with Gasteiger partial charge in [0.15, 0.2) is 0 Å². The Balaban J connectivity index is 2.27. The molecule has 9 heteroatoms. The Morgan fingerprint density at radius 3 is 1.97 bits per heavy atom. The third kappa shape index (κ3) is 8.98. The molecule has 2 aromatic rings. The van der Waals surface area contributed by atoms with Crippen LogP contribution in [0.15, 0.2) is 60.7 Å². The fraction of sp³-hybridized carbons (Fsp3) is 0.444. The Labute approximate surface area is 213 Å². The number of hydrogen-bond acceptors (Lipinski definition) is 7. The van der Waals surface area contributed by atoms with Crippen molar-refractivity contribution in [2.24, 2.45) is 17.4 Å². The average molecular weight is 499 g/mol. The number of benzene rings is 2. The van der Waals surface area contributed by atoms with E-state index in [0.29, 0.717) is 0 Å². The number of ether oxygens (including phenoxy) is 2. The molecule has 3 amide bonds. The van der Waals surface area contributed by atoms with Gasteiger partial charge in [0.25, 0.3) is 0 Å². The molecule has 0 aliphatic carbocycles. The maximum Gasteiger partial charge on any atom is 0.417 e. The van der Waals surface area contributed by atoms with E-state index in [1.165, 1.54) is 0 Å². The molecule has 5 N–H and O–H groups in total. The molecule has 0 aromatic heterocycles. The first-order valence-electron chi connectivity index (χ1n) is 11.9. The summed E-state index contributed by atoms with van der Waals surface area (Å²) in [6, 6.07) is 17.3. The third-order valence-electron chi connectivity index (χ3n) is 5.49. The number of amides is 3. The molecule has 2 aromatic carbocycles. The number of nitrogens with one attached hydrogen (secondary N) is 1. The molecule has 2 rings (SSSR count). The molecule has 0 saturated heterocycles. The summed E-state index contributed by atoms with van der Waals surface area (Å²) in [7, 11) is 0. The van der Waals surface area contributed by atoms with Crippen molar-refractivity contribution in [3.05, 3.63) is 71.8 Å². The molecular weight excluding hydrogens is 460 g/mol. The van der Waals surface area contributed by atoms with Gasteiger partial charge in [-0.1, -0.05) is 74.5 Å². The van der Waals surface area contributed by atoms with Crippen LogP contribution in [0.4, 0.5) is 9.59 Å². The first kappa shape index (κ1) is 28.8. The summed E-state index contributed by atoms with van der Waals surface area (Å²) in [6.07, 6.45) is -1.47. The quantitative estimate of drug-likeness (QED) is 0.450. The third-order valence-corrected chi connectivity index (χ3v) is 5.49. The van der Waals surface area contributed by atoms with Crippen LogP contribution in [0, 0.1) is 5.92 Å². The zero-order valence-electron chi connectivity index (χ0n) is 21.7. The van der Waals surface area contributed by atoms with Gasteiger partial charge in [-0.15, -0.1) is 0 Å². The predicted molar refractivity (Wildman–Crippen MR) is 138 cm³/mol. The summed E-state index contributed by atoms with van der Waals surface area (Å²) < 4.78 is 10.8. The number of nitrogens with two attached hydrogens (primary N) is 2. The molecule has 0 radical (unpaired) electrons. The molecule has 2 atom stereocenters. The summed E-state index contributed by atoms with van der Waals surface area (Å²) >= 11 is 0. The standard InChI is InChI=1S/C27H38N4O5/c1-19(2)27(29,30-24(33)36-26(3,4)5)18-31(25(34)35-17-21-14-10-7-11-15-21)23(32)22(28)16-20-12-8-6-9-13-20/h6-15,19,22H,16-18,28-29H2,1-5H3,(H,30,33)/t22-,27+/m0/s1. The molecule has 36 heavy (non-hydrogen) atoms. The zero-order valence-corrected chi connectivity index (χ0v) is 21.7. The summed E-state index contributed by atoms with van der Waals surface area (Å²) in [6.45, 7) is 8.28. The second kappa shape index (κ2) is 12.5. The number of nitrogens with zero attached hydrogens (tertiary/aromatic N) is 1. The maximum absolute atomic E-state index is 13.4. The minimum absolute atomic E-state index is 0.0455. The number of carbonyl (C=O) groups excluding carboxylic acids is 3. The van der Waals surface area contributed by atoms with Crippen molar-refractivity contribution in [3.63, 3.8) is 0 Å². The number of alkyl carbamates (subject to hydrolysis) is 1. The second-order valence-corrected chi connectivity index (χ2v) is 10.1. The van der Waals surface area contributed by atoms with Crippen LogP contribution in [0.5, 0.6) is 0 Å². The molecule has 0 fully saturated rings. The van der Waals surface area contributed by atoms with E-state index in [0.717, 1.165) is 16.0 Å². The van der Waals surface area contributed by atoms with E-state index in [1.807, 2.05) is 48.5 Å². The highest BCUT2D eigenvalue weighted by Crippen LogP contribution is 2.18. The van der Waals surface area contributed by atoms with Gasteiger partial charge in [0.2, 0.25) is 5.91 Å². The van der Waals surface area contributed by atoms with Crippen LogP contribution in [0.2, 0.25) is 0 Å². The van der Waals surface area contributed by atoms with Crippen molar-refractivity contribution in [2.75, 3.05) is 6.54 Å². The van der Waals surface area contributed by atoms with E-state index in [1.54, 1.807) is 46.8 Å². The molecule has 0 aliphatic heterocycles. The minimum atomic E-state index is -1.50. The Hall–Kier alpha value is -3.43. The van der Waals surface area contributed by atoms with Gasteiger partial charge >= 0.3 is 12.2 Å². The smallest absolute Gasteiger partial charge is 0.417 e. The normalized spacial score (nSPS) is 13.9. The molecule has 0 saturated carbocycles. The van der Waals surface area contributed by atoms with Crippen LogP contribution in [0.3, 0.4) is 0 Å². The van der Waals surface area contributed by atoms with E-state index in [9.17, 15) is 14.4 Å². The first-order chi connectivity index (χ1) is 16.8. The van der Waals surface area contributed by atoms with Gasteiger partial charge in [-0.2, -0.15) is 0 Å². The van der Waals surface area contributed by atoms with Crippen molar-refractivity contribution >= 4 is 18.1 Å². The van der Waals surface area contributed by atoms with Gasteiger partial charge in [0, 0.05) is 0 Å². The lowest BCUT2D eigenvalue weighted by molar-refractivity contribution is -0.132. The van der Waals surface area contributed by atoms with Crippen LogP contribution in [0.25, 0.3) is 0 Å². The Kier molecular flexibility index (Phi) is 10.0. The van der Waals surface area contributed by atoms with E-state index < -0.39 is 35.4 Å². The Morgan fingerprint density at radius 1 is 0.944 bits per heavy atom. The highest BCUT2D eigenvalue weighted by Gasteiger charge is 2.40. The van der Waals surface area contributed by atoms with Crippen LogP contribution < -0.4 is 16.8 Å². The van der Waals surface area contributed by atoms with E-state index in [-0.39, 0.29) is 25.5 Å². The summed E-state index contributed by atoms with van der Waals surface area (Å²) in [5, 5.41) is 2.63. The van der Waals surface area contributed by atoms with Crippen LogP contribution >= 0.6 is 0 Å². The highest BCUT2D eigenvalue weighted by molar-refractivity contribution is 5.95. The molecule has 0 bridgehead atoms. The molecule has 0 aliphatic rings. The second-order valence-electron chi connectivity index (χ2n) is 10.1. The van der Waals surface area contributed by atoms with Gasteiger partial charge in [0.05, 0.1) is 12.6 Å². The molecule has 0 spiro atoms. The van der Waals surface area contributed by atoms with Gasteiger partial charge in [0.1, 0.15) is 17.9 Å². The summed E-state index contributed by atoms with van der Waals surface area (Å²) in [4.78, 5) is 40.0. The van der Waals surface area contributed by atoms with Crippen molar-refractivity contribution < 1.29 is 23.9 Å². The van der Waals surface area contributed by atoms with E-state index in [2.05, 4.69) is 5.32 Å². The monoisotopic (exact) mass is 498 g/mol. The lowest BCUT2D eigenvalue weighted by atomic mass is 9.95. The van der Waals surface area contributed by atoms with Gasteiger partial charge in [-0.3, -0.25) is 4.79 Å². The van der Waals surface area contributed by atoms with Crippen LogP contribution in [-0.4, -0.2) is 46.8 Å². The van der Waals surface area contributed by atoms with Crippen LogP contribution in [-0.2, 0) is 27.3 Å². The summed E-state index contributed by atoms with van der Waals surface area (Å²) in [5.41, 5.74) is 12.1.